The first-order valence-corrected chi connectivity index (χ1v) is 8.41. The van der Waals surface area contributed by atoms with Gasteiger partial charge in [0.1, 0.15) is 0 Å². The maximum absolute atomic E-state index is 3.76. The zero-order chi connectivity index (χ0) is 13.8. The van der Waals surface area contributed by atoms with Crippen LogP contribution in [0.15, 0.2) is 0 Å². The van der Waals surface area contributed by atoms with Crippen LogP contribution in [-0.2, 0) is 0 Å². The molecule has 0 amide bonds. The molecule has 0 aromatic heterocycles. The van der Waals surface area contributed by atoms with Gasteiger partial charge in [-0.1, -0.05) is 0 Å². The molecule has 2 aliphatic heterocycles. The second-order valence-electron chi connectivity index (χ2n) is 6.83. The molecule has 3 N–H and O–H groups in total. The Kier molecular flexibility index (Phi) is 4.94. The van der Waals surface area contributed by atoms with Crippen LogP contribution in [0.3, 0.4) is 0 Å². The van der Waals surface area contributed by atoms with Gasteiger partial charge in [0.15, 0.2) is 0 Å². The van der Waals surface area contributed by atoms with Crippen LogP contribution in [0.5, 0.6) is 0 Å². The molecule has 0 spiro atoms. The molecule has 0 atom stereocenters. The van der Waals surface area contributed by atoms with Gasteiger partial charge in [-0.25, -0.2) is 10.4 Å². The number of hydrogen-bond donors (Lipinski definition) is 3. The minimum atomic E-state index is 0.567. The van der Waals surface area contributed by atoms with E-state index in [9.17, 15) is 0 Å². The summed E-state index contributed by atoms with van der Waals surface area (Å²) < 4.78 is 0. The van der Waals surface area contributed by atoms with Crippen LogP contribution in [0.1, 0.15) is 25.7 Å². The zero-order valence-electron chi connectivity index (χ0n) is 13.0. The lowest BCUT2D eigenvalue weighted by molar-refractivity contribution is 0.120. The Morgan fingerprint density at radius 1 is 0.900 bits per heavy atom. The third-order valence-corrected chi connectivity index (χ3v) is 4.99. The SMILES string of the molecule is C1CN(NC2(C3CC3)CC2)CCN1.CN1CCNCC1. The minimum absolute atomic E-state index is 0.567. The summed E-state index contributed by atoms with van der Waals surface area (Å²) in [5, 5.41) is 9.09. The Balaban J connectivity index is 0.000000147. The van der Waals surface area contributed by atoms with Crippen LogP contribution in [0.25, 0.3) is 0 Å². The molecule has 5 nitrogen and oxygen atoms in total. The lowest BCUT2D eigenvalue weighted by atomic mass is 10.2. The van der Waals surface area contributed by atoms with Gasteiger partial charge in [0, 0.05) is 57.9 Å². The summed E-state index contributed by atoms with van der Waals surface area (Å²) in [5.41, 5.74) is 4.33. The lowest BCUT2D eigenvalue weighted by Crippen LogP contribution is -2.55. The highest BCUT2D eigenvalue weighted by Crippen LogP contribution is 2.53. The van der Waals surface area contributed by atoms with Gasteiger partial charge in [0.2, 0.25) is 0 Å². The van der Waals surface area contributed by atoms with Crippen molar-refractivity contribution in [2.45, 2.75) is 31.2 Å². The average Bonchev–Trinajstić information content (AvgIpc) is 3.36. The number of hydrazine groups is 1. The van der Waals surface area contributed by atoms with E-state index in [2.05, 4.69) is 33.0 Å². The molecule has 2 heterocycles. The monoisotopic (exact) mass is 281 g/mol. The quantitative estimate of drug-likeness (QED) is 0.672. The van der Waals surface area contributed by atoms with Gasteiger partial charge in [-0.15, -0.1) is 0 Å². The van der Waals surface area contributed by atoms with E-state index in [1.165, 1.54) is 51.9 Å². The fraction of sp³-hybridized carbons (Fsp3) is 1.00. The van der Waals surface area contributed by atoms with Gasteiger partial charge in [-0.2, -0.15) is 0 Å². The summed E-state index contributed by atoms with van der Waals surface area (Å²) in [5.74, 6) is 1.02. The van der Waals surface area contributed by atoms with E-state index in [-0.39, 0.29) is 0 Å². The normalized spacial score (nSPS) is 30.4. The molecule has 0 unspecified atom stereocenters. The highest BCUT2D eigenvalue weighted by molar-refractivity contribution is 5.10. The molecular weight excluding hydrogens is 250 g/mol. The molecule has 20 heavy (non-hydrogen) atoms. The van der Waals surface area contributed by atoms with Gasteiger partial charge in [-0.3, -0.25) is 0 Å². The summed E-state index contributed by atoms with van der Waals surface area (Å²) in [4.78, 5) is 2.33. The molecule has 0 radical (unpaired) electrons. The molecule has 116 valence electrons. The van der Waals surface area contributed by atoms with E-state index in [1.807, 2.05) is 0 Å². The fourth-order valence-corrected chi connectivity index (χ4v) is 3.25. The van der Waals surface area contributed by atoms with Gasteiger partial charge in [0.25, 0.3) is 0 Å². The molecule has 2 saturated carbocycles. The zero-order valence-corrected chi connectivity index (χ0v) is 13.0. The van der Waals surface area contributed by atoms with Crippen molar-refractivity contribution in [3.63, 3.8) is 0 Å². The fourth-order valence-electron chi connectivity index (χ4n) is 3.25. The first-order chi connectivity index (χ1) is 9.78. The largest absolute Gasteiger partial charge is 0.314 e. The maximum atomic E-state index is 3.76. The van der Waals surface area contributed by atoms with Gasteiger partial charge < -0.3 is 15.5 Å². The molecule has 4 fully saturated rings. The minimum Gasteiger partial charge on any atom is -0.314 e. The van der Waals surface area contributed by atoms with Gasteiger partial charge >= 0.3 is 0 Å². The second kappa shape index (κ2) is 6.71. The first-order valence-electron chi connectivity index (χ1n) is 8.41. The number of piperazine rings is 2. The Morgan fingerprint density at radius 3 is 1.85 bits per heavy atom. The molecule has 0 aromatic carbocycles. The Morgan fingerprint density at radius 2 is 1.45 bits per heavy atom. The molecule has 0 bridgehead atoms. The van der Waals surface area contributed by atoms with Crippen LogP contribution >= 0.6 is 0 Å². The number of nitrogens with zero attached hydrogens (tertiary/aromatic N) is 2. The molecule has 4 aliphatic rings. The Bertz CT molecular complexity index is 289. The smallest absolute Gasteiger partial charge is 0.0355 e. The summed E-state index contributed by atoms with van der Waals surface area (Å²) in [7, 11) is 2.15. The topological polar surface area (TPSA) is 42.6 Å². The third kappa shape index (κ3) is 4.15. The standard InChI is InChI=1S/C10H19N3.C5H12N2/c1-2-9(1)10(3-4-10)12-13-7-5-11-6-8-13;1-7-4-2-6-3-5-7/h9,11-12H,1-8H2;6H,2-5H2,1H3. The van der Waals surface area contributed by atoms with E-state index in [0.717, 1.165) is 32.1 Å². The maximum Gasteiger partial charge on any atom is 0.0355 e. The summed E-state index contributed by atoms with van der Waals surface area (Å²) in [6, 6.07) is 0. The molecule has 2 saturated heterocycles. The number of likely N-dealkylation sites (N-methyl/N-ethyl adjacent to an activating group) is 1. The molecule has 5 heteroatoms. The first kappa shape index (κ1) is 14.7. The number of hydrogen-bond acceptors (Lipinski definition) is 5. The van der Waals surface area contributed by atoms with E-state index in [4.69, 9.17) is 0 Å². The summed E-state index contributed by atoms with van der Waals surface area (Å²) >= 11 is 0. The van der Waals surface area contributed by atoms with Crippen molar-refractivity contribution < 1.29 is 0 Å². The molecule has 0 aromatic rings. The summed E-state index contributed by atoms with van der Waals surface area (Å²) in [6.07, 6.45) is 5.78. The summed E-state index contributed by atoms with van der Waals surface area (Å²) in [6.45, 7) is 9.39. The van der Waals surface area contributed by atoms with Crippen molar-refractivity contribution in [1.82, 2.24) is 26.0 Å². The van der Waals surface area contributed by atoms with E-state index in [0.29, 0.717) is 5.54 Å². The predicted molar refractivity (Wildman–Crippen MR) is 82.6 cm³/mol. The van der Waals surface area contributed by atoms with E-state index < -0.39 is 0 Å². The van der Waals surface area contributed by atoms with Crippen LogP contribution in [-0.4, -0.2) is 74.9 Å². The van der Waals surface area contributed by atoms with Crippen LogP contribution in [0.2, 0.25) is 0 Å². The molecule has 4 rings (SSSR count). The highest BCUT2D eigenvalue weighted by atomic mass is 15.6. The Hall–Kier alpha value is -0.200. The van der Waals surface area contributed by atoms with Crippen molar-refractivity contribution in [3.8, 4) is 0 Å². The van der Waals surface area contributed by atoms with Gasteiger partial charge in [-0.05, 0) is 38.6 Å². The van der Waals surface area contributed by atoms with Crippen molar-refractivity contribution in [3.05, 3.63) is 0 Å². The van der Waals surface area contributed by atoms with Crippen molar-refractivity contribution in [2.75, 3.05) is 59.4 Å². The molecule has 2 aliphatic carbocycles. The third-order valence-electron chi connectivity index (χ3n) is 4.99. The van der Waals surface area contributed by atoms with E-state index >= 15 is 0 Å². The van der Waals surface area contributed by atoms with Crippen LogP contribution < -0.4 is 16.1 Å². The number of rotatable bonds is 3. The highest BCUT2D eigenvalue weighted by Gasteiger charge is 2.54. The van der Waals surface area contributed by atoms with Crippen molar-refractivity contribution in [2.24, 2.45) is 5.92 Å². The van der Waals surface area contributed by atoms with Crippen molar-refractivity contribution in [1.29, 1.82) is 0 Å². The predicted octanol–water partition coefficient (Wildman–Crippen LogP) is -0.140. The lowest BCUT2D eigenvalue weighted by Gasteiger charge is -2.32. The molecular formula is C15H31N5. The second-order valence-corrected chi connectivity index (χ2v) is 6.83. The van der Waals surface area contributed by atoms with Crippen molar-refractivity contribution >= 4 is 0 Å². The van der Waals surface area contributed by atoms with E-state index in [1.54, 1.807) is 0 Å². The van der Waals surface area contributed by atoms with Crippen LogP contribution in [0.4, 0.5) is 0 Å². The van der Waals surface area contributed by atoms with Gasteiger partial charge in [0.05, 0.1) is 0 Å². The number of nitrogens with one attached hydrogen (secondary N) is 3. The average molecular weight is 281 g/mol. The Labute approximate surface area is 123 Å². The van der Waals surface area contributed by atoms with Crippen LogP contribution in [0, 0.1) is 5.92 Å².